The van der Waals surface area contributed by atoms with Gasteiger partial charge in [0.2, 0.25) is 0 Å². The van der Waals surface area contributed by atoms with Crippen LogP contribution in [-0.4, -0.2) is 61.9 Å². The fraction of sp³-hybridized carbons (Fsp3) is 0.353. The predicted octanol–water partition coefficient (Wildman–Crippen LogP) is 2.35. The van der Waals surface area contributed by atoms with Crippen LogP contribution in [0.2, 0.25) is 5.02 Å². The average Bonchev–Trinajstić information content (AvgIpc) is 3.14. The summed E-state index contributed by atoms with van der Waals surface area (Å²) in [6.45, 7) is 4.30. The Morgan fingerprint density at radius 2 is 1.78 bits per heavy atom. The number of halogens is 1. The molecule has 0 bridgehead atoms. The number of benzene rings is 1. The van der Waals surface area contributed by atoms with Crippen LogP contribution in [0.5, 0.6) is 0 Å². The summed E-state index contributed by atoms with van der Waals surface area (Å²) in [4.78, 5) is 38.9. The monoisotopic (exact) mass is 391 g/mol. The smallest absolute Gasteiger partial charge is 0.343 e. The van der Waals surface area contributed by atoms with Crippen molar-refractivity contribution in [3.05, 3.63) is 56.7 Å². The highest BCUT2D eigenvalue weighted by Crippen LogP contribution is 2.24. The zero-order valence-electron chi connectivity index (χ0n) is 14.8. The number of aromatic nitrogens is 2. The van der Waals surface area contributed by atoms with Crippen LogP contribution in [0, 0.1) is 10.1 Å². The topological polar surface area (TPSA) is 112 Å². The van der Waals surface area contributed by atoms with Crippen LogP contribution in [0.3, 0.4) is 0 Å². The minimum atomic E-state index is -0.643. The minimum absolute atomic E-state index is 0.0216. The Bertz CT molecular complexity index is 899. The van der Waals surface area contributed by atoms with Crippen molar-refractivity contribution in [1.29, 1.82) is 0 Å². The van der Waals surface area contributed by atoms with Gasteiger partial charge in [-0.15, -0.1) is 5.10 Å². The van der Waals surface area contributed by atoms with E-state index in [0.29, 0.717) is 23.7 Å². The molecule has 0 saturated carbocycles. The lowest BCUT2D eigenvalue weighted by Crippen LogP contribution is -2.60. The predicted molar refractivity (Wildman–Crippen MR) is 97.7 cm³/mol. The molecule has 1 aliphatic rings. The second-order valence-corrected chi connectivity index (χ2v) is 6.76. The number of carbonyl (C=O) groups excluding carboxylic acids is 2. The standard InChI is InChI=1S/C17H18ClN5O4/c1-10-11(2)22(17(25)14-9-15(20-19-14)23(26)27)8-7-21(10)16(24)12-5-3-4-6-13(12)18/h3-6,9-11H,7-8H2,1-2H3,(H,19,20). The fourth-order valence-corrected chi connectivity index (χ4v) is 3.38. The van der Waals surface area contributed by atoms with Crippen LogP contribution < -0.4 is 0 Å². The first-order valence-electron chi connectivity index (χ1n) is 8.37. The van der Waals surface area contributed by atoms with E-state index < -0.39 is 10.8 Å². The van der Waals surface area contributed by atoms with Crippen molar-refractivity contribution in [2.45, 2.75) is 25.9 Å². The van der Waals surface area contributed by atoms with Gasteiger partial charge >= 0.3 is 5.82 Å². The molecule has 27 heavy (non-hydrogen) atoms. The van der Waals surface area contributed by atoms with Gasteiger partial charge in [0, 0.05) is 25.2 Å². The summed E-state index contributed by atoms with van der Waals surface area (Å²) in [7, 11) is 0. The molecule has 1 aromatic heterocycles. The van der Waals surface area contributed by atoms with Crippen molar-refractivity contribution in [2.75, 3.05) is 13.1 Å². The SMILES string of the molecule is CC1C(C)N(C(=O)c2ccccc2Cl)CCN1C(=O)c1cc([N+](=O)[O-])[nH]n1. The molecule has 142 valence electrons. The molecule has 0 radical (unpaired) electrons. The highest BCUT2D eigenvalue weighted by Gasteiger charge is 2.37. The maximum Gasteiger partial charge on any atom is 0.343 e. The van der Waals surface area contributed by atoms with Crippen molar-refractivity contribution in [2.24, 2.45) is 0 Å². The third kappa shape index (κ3) is 3.50. The molecule has 2 heterocycles. The van der Waals surface area contributed by atoms with E-state index in [1.54, 1.807) is 34.1 Å². The van der Waals surface area contributed by atoms with E-state index in [9.17, 15) is 19.7 Å². The van der Waals surface area contributed by atoms with Gasteiger partial charge in [-0.1, -0.05) is 28.8 Å². The van der Waals surface area contributed by atoms with Crippen molar-refractivity contribution in [3.63, 3.8) is 0 Å². The van der Waals surface area contributed by atoms with Crippen molar-refractivity contribution in [1.82, 2.24) is 20.0 Å². The molecule has 0 aliphatic carbocycles. The summed E-state index contributed by atoms with van der Waals surface area (Å²) in [6, 6.07) is 7.38. The number of nitrogens with zero attached hydrogens (tertiary/aromatic N) is 4. The second-order valence-electron chi connectivity index (χ2n) is 6.35. The van der Waals surface area contributed by atoms with E-state index in [0.717, 1.165) is 6.07 Å². The van der Waals surface area contributed by atoms with Gasteiger partial charge in [0.1, 0.15) is 0 Å². The third-order valence-electron chi connectivity index (χ3n) is 4.87. The van der Waals surface area contributed by atoms with Gasteiger partial charge in [0.15, 0.2) is 5.69 Å². The number of carbonyl (C=O) groups is 2. The van der Waals surface area contributed by atoms with Crippen LogP contribution in [-0.2, 0) is 0 Å². The summed E-state index contributed by atoms with van der Waals surface area (Å²) >= 11 is 6.13. The molecule has 1 aliphatic heterocycles. The molecule has 2 atom stereocenters. The van der Waals surface area contributed by atoms with E-state index in [2.05, 4.69) is 10.2 Å². The molecule has 1 aromatic carbocycles. The molecule has 1 fully saturated rings. The molecule has 0 spiro atoms. The number of H-pyrrole nitrogens is 1. The zero-order chi connectivity index (χ0) is 19.7. The Balaban J connectivity index is 1.76. The van der Waals surface area contributed by atoms with E-state index in [1.807, 2.05) is 13.8 Å². The molecule has 10 heteroatoms. The molecular formula is C17H18ClN5O4. The number of nitro groups is 1. The van der Waals surface area contributed by atoms with Gasteiger partial charge in [-0.3, -0.25) is 9.59 Å². The second kappa shape index (κ2) is 7.36. The van der Waals surface area contributed by atoms with Crippen LogP contribution >= 0.6 is 11.6 Å². The lowest BCUT2D eigenvalue weighted by Gasteiger charge is -2.44. The number of amides is 2. The Labute approximate surface area is 160 Å². The van der Waals surface area contributed by atoms with Gasteiger partial charge in [0.25, 0.3) is 11.8 Å². The molecule has 3 rings (SSSR count). The first-order valence-corrected chi connectivity index (χ1v) is 8.75. The molecule has 2 aromatic rings. The summed E-state index contributed by atoms with van der Waals surface area (Å²) in [6.07, 6.45) is 0. The summed E-state index contributed by atoms with van der Waals surface area (Å²) in [5, 5.41) is 17.1. The quantitative estimate of drug-likeness (QED) is 0.637. The van der Waals surface area contributed by atoms with Crippen molar-refractivity contribution in [3.8, 4) is 0 Å². The van der Waals surface area contributed by atoms with Crippen LogP contribution in [0.4, 0.5) is 5.82 Å². The van der Waals surface area contributed by atoms with Gasteiger partial charge in [-0.25, -0.2) is 0 Å². The Kier molecular flexibility index (Phi) is 5.13. The van der Waals surface area contributed by atoms with Gasteiger partial charge in [0.05, 0.1) is 16.7 Å². The maximum absolute atomic E-state index is 12.8. The summed E-state index contributed by atoms with van der Waals surface area (Å²) in [5.74, 6) is -0.947. The molecular weight excluding hydrogens is 374 g/mol. The lowest BCUT2D eigenvalue weighted by molar-refractivity contribution is -0.389. The van der Waals surface area contributed by atoms with E-state index in [1.165, 1.54) is 0 Å². The van der Waals surface area contributed by atoms with Gasteiger partial charge < -0.3 is 19.9 Å². The molecule has 1 saturated heterocycles. The van der Waals surface area contributed by atoms with Gasteiger partial charge in [-0.05, 0) is 30.9 Å². The average molecular weight is 392 g/mol. The first kappa shape index (κ1) is 18.8. The van der Waals surface area contributed by atoms with E-state index >= 15 is 0 Å². The van der Waals surface area contributed by atoms with Crippen LogP contribution in [0.1, 0.15) is 34.7 Å². The molecule has 2 amide bonds. The van der Waals surface area contributed by atoms with E-state index in [4.69, 9.17) is 11.6 Å². The van der Waals surface area contributed by atoms with Crippen molar-refractivity contribution < 1.29 is 14.5 Å². The minimum Gasteiger partial charge on any atom is -0.358 e. The maximum atomic E-state index is 12.8. The number of aromatic amines is 1. The lowest BCUT2D eigenvalue weighted by atomic mass is 10.0. The number of hydrogen-bond donors (Lipinski definition) is 1. The number of rotatable bonds is 3. The highest BCUT2D eigenvalue weighted by atomic mass is 35.5. The molecule has 1 N–H and O–H groups in total. The van der Waals surface area contributed by atoms with E-state index in [-0.39, 0.29) is 29.5 Å². The Morgan fingerprint density at radius 3 is 2.33 bits per heavy atom. The zero-order valence-corrected chi connectivity index (χ0v) is 15.5. The Hall–Kier alpha value is -2.94. The summed E-state index contributed by atoms with van der Waals surface area (Å²) < 4.78 is 0. The van der Waals surface area contributed by atoms with Crippen LogP contribution in [0.25, 0.3) is 0 Å². The number of hydrogen-bond acceptors (Lipinski definition) is 5. The molecule has 9 nitrogen and oxygen atoms in total. The number of nitrogens with one attached hydrogen (secondary N) is 1. The fourth-order valence-electron chi connectivity index (χ4n) is 3.17. The first-order chi connectivity index (χ1) is 12.8. The number of piperazine rings is 1. The summed E-state index contributed by atoms with van der Waals surface area (Å²) in [5.41, 5.74) is 0.396. The largest absolute Gasteiger partial charge is 0.358 e. The molecule has 2 unspecified atom stereocenters. The van der Waals surface area contributed by atoms with Gasteiger partial charge in [-0.2, -0.15) is 0 Å². The third-order valence-corrected chi connectivity index (χ3v) is 5.20. The van der Waals surface area contributed by atoms with Crippen molar-refractivity contribution >= 4 is 29.2 Å². The normalized spacial score (nSPS) is 19.8. The highest BCUT2D eigenvalue weighted by molar-refractivity contribution is 6.33. The van der Waals surface area contributed by atoms with Crippen LogP contribution in [0.15, 0.2) is 30.3 Å². The Morgan fingerprint density at radius 1 is 1.19 bits per heavy atom.